The second-order valence-corrected chi connectivity index (χ2v) is 4.27. The lowest BCUT2D eigenvalue weighted by Crippen LogP contribution is -2.33. The summed E-state index contributed by atoms with van der Waals surface area (Å²) in [4.78, 5) is 2.11. The van der Waals surface area contributed by atoms with Gasteiger partial charge in [0.05, 0.1) is 17.3 Å². The van der Waals surface area contributed by atoms with Crippen LogP contribution in [-0.2, 0) is 11.3 Å². The van der Waals surface area contributed by atoms with E-state index in [4.69, 9.17) is 22.1 Å². The maximum Gasteiger partial charge on any atom is 0.0663 e. The summed E-state index contributed by atoms with van der Waals surface area (Å²) in [6, 6.07) is 6.06. The molecule has 1 unspecified atom stereocenters. The molecule has 1 atom stereocenters. The zero-order valence-electron chi connectivity index (χ0n) is 10.0. The predicted octanol–water partition coefficient (Wildman–Crippen LogP) is 2.27. The molecule has 0 aliphatic heterocycles. The summed E-state index contributed by atoms with van der Waals surface area (Å²) >= 11 is 6.21. The van der Waals surface area contributed by atoms with Crippen LogP contribution in [0.4, 0.5) is 5.69 Å². The van der Waals surface area contributed by atoms with Gasteiger partial charge in [-0.05, 0) is 18.6 Å². The Kier molecular flexibility index (Phi) is 5.06. The molecular formula is C12H19ClN2O. The number of para-hydroxylation sites is 1. The number of nitrogens with two attached hydrogens (primary N) is 1. The maximum atomic E-state index is 6.21. The summed E-state index contributed by atoms with van der Waals surface area (Å²) < 4.78 is 5.14. The molecule has 3 nitrogen and oxygen atoms in total. The van der Waals surface area contributed by atoms with E-state index in [-0.39, 0.29) is 6.04 Å². The molecule has 0 aliphatic rings. The third-order valence-electron chi connectivity index (χ3n) is 2.71. The topological polar surface area (TPSA) is 38.5 Å². The summed E-state index contributed by atoms with van der Waals surface area (Å²) in [6.07, 6.45) is 0. The molecule has 0 saturated carbocycles. The Hall–Kier alpha value is -0.770. The summed E-state index contributed by atoms with van der Waals surface area (Å²) in [6.45, 7) is 3.23. The molecule has 16 heavy (non-hydrogen) atoms. The normalized spacial score (nSPS) is 12.6. The third-order valence-corrected chi connectivity index (χ3v) is 3.02. The van der Waals surface area contributed by atoms with E-state index in [0.29, 0.717) is 13.2 Å². The van der Waals surface area contributed by atoms with Crippen molar-refractivity contribution in [3.63, 3.8) is 0 Å². The van der Waals surface area contributed by atoms with E-state index in [2.05, 4.69) is 11.8 Å². The second-order valence-electron chi connectivity index (χ2n) is 3.87. The molecule has 1 rings (SSSR count). The van der Waals surface area contributed by atoms with Crippen LogP contribution in [0.2, 0.25) is 5.02 Å². The Morgan fingerprint density at radius 2 is 2.19 bits per heavy atom. The molecule has 0 bridgehead atoms. The van der Waals surface area contributed by atoms with Gasteiger partial charge in [0.1, 0.15) is 0 Å². The Labute approximate surface area is 102 Å². The minimum absolute atomic E-state index is 0.259. The van der Waals surface area contributed by atoms with Crippen LogP contribution in [-0.4, -0.2) is 26.8 Å². The number of likely N-dealkylation sites (N-methyl/N-ethyl adjacent to an activating group) is 1. The molecule has 4 heteroatoms. The van der Waals surface area contributed by atoms with Gasteiger partial charge in [0.2, 0.25) is 0 Å². The van der Waals surface area contributed by atoms with E-state index in [1.165, 1.54) is 0 Å². The Morgan fingerprint density at radius 1 is 1.50 bits per heavy atom. The Morgan fingerprint density at radius 3 is 2.75 bits per heavy atom. The molecule has 0 aromatic heterocycles. The zero-order chi connectivity index (χ0) is 12.1. The van der Waals surface area contributed by atoms with Gasteiger partial charge in [-0.15, -0.1) is 0 Å². The van der Waals surface area contributed by atoms with Crippen molar-refractivity contribution < 1.29 is 4.74 Å². The van der Waals surface area contributed by atoms with Crippen molar-refractivity contribution in [2.75, 3.05) is 25.7 Å². The summed E-state index contributed by atoms with van der Waals surface area (Å²) in [5, 5.41) is 0.730. The van der Waals surface area contributed by atoms with Gasteiger partial charge in [0.25, 0.3) is 0 Å². The number of nitrogens with zero attached hydrogens (tertiary/aromatic N) is 1. The fourth-order valence-corrected chi connectivity index (χ4v) is 2.02. The van der Waals surface area contributed by atoms with Crippen molar-refractivity contribution in [1.29, 1.82) is 0 Å². The average Bonchev–Trinajstić information content (AvgIpc) is 2.28. The van der Waals surface area contributed by atoms with E-state index in [1.54, 1.807) is 7.11 Å². The van der Waals surface area contributed by atoms with Gasteiger partial charge in [-0.2, -0.15) is 0 Å². The summed E-state index contributed by atoms with van der Waals surface area (Å²) in [7, 11) is 3.70. The second kappa shape index (κ2) is 6.09. The molecule has 0 radical (unpaired) electrons. The highest BCUT2D eigenvalue weighted by molar-refractivity contribution is 6.33. The average molecular weight is 243 g/mol. The van der Waals surface area contributed by atoms with Crippen LogP contribution in [0.15, 0.2) is 18.2 Å². The summed E-state index contributed by atoms with van der Waals surface area (Å²) in [5.74, 6) is 0. The highest BCUT2D eigenvalue weighted by Gasteiger charge is 2.15. The van der Waals surface area contributed by atoms with Gasteiger partial charge in [0.15, 0.2) is 0 Å². The molecule has 0 saturated heterocycles. The first kappa shape index (κ1) is 13.3. The van der Waals surface area contributed by atoms with Crippen molar-refractivity contribution in [3.05, 3.63) is 28.8 Å². The smallest absolute Gasteiger partial charge is 0.0663 e. The molecule has 0 fully saturated rings. The SMILES string of the molecule is COCC(C)N(C)c1c(Cl)cccc1CN. The maximum absolute atomic E-state index is 6.21. The number of methoxy groups -OCH3 is 1. The number of anilines is 1. The van der Waals surface area contributed by atoms with Crippen LogP contribution in [0.25, 0.3) is 0 Å². The first-order chi connectivity index (χ1) is 7.61. The van der Waals surface area contributed by atoms with Gasteiger partial charge in [-0.25, -0.2) is 0 Å². The van der Waals surface area contributed by atoms with E-state index in [9.17, 15) is 0 Å². The predicted molar refractivity (Wildman–Crippen MR) is 69.1 cm³/mol. The number of ether oxygens (including phenoxy) is 1. The summed E-state index contributed by atoms with van der Waals surface area (Å²) in [5.41, 5.74) is 7.77. The van der Waals surface area contributed by atoms with Crippen LogP contribution in [0.1, 0.15) is 12.5 Å². The highest BCUT2D eigenvalue weighted by atomic mass is 35.5. The Balaban J connectivity index is 3.01. The molecule has 2 N–H and O–H groups in total. The standard InChI is InChI=1S/C12H19ClN2O/c1-9(8-16-3)15(2)12-10(7-14)5-4-6-11(12)13/h4-6,9H,7-8,14H2,1-3H3. The van der Waals surface area contributed by atoms with Crippen LogP contribution < -0.4 is 10.6 Å². The quantitative estimate of drug-likeness (QED) is 0.861. The first-order valence-electron chi connectivity index (χ1n) is 5.31. The molecule has 1 aromatic carbocycles. The minimum Gasteiger partial charge on any atom is -0.383 e. The Bertz CT molecular complexity index is 344. The molecular weight excluding hydrogens is 224 g/mol. The van der Waals surface area contributed by atoms with Gasteiger partial charge >= 0.3 is 0 Å². The van der Waals surface area contributed by atoms with Crippen LogP contribution in [0.5, 0.6) is 0 Å². The fraction of sp³-hybridized carbons (Fsp3) is 0.500. The van der Waals surface area contributed by atoms with E-state index >= 15 is 0 Å². The highest BCUT2D eigenvalue weighted by Crippen LogP contribution is 2.30. The van der Waals surface area contributed by atoms with Crippen molar-refractivity contribution in [2.24, 2.45) is 5.73 Å². The van der Waals surface area contributed by atoms with Gasteiger partial charge < -0.3 is 15.4 Å². The lowest BCUT2D eigenvalue weighted by molar-refractivity contribution is 0.183. The van der Waals surface area contributed by atoms with Crippen molar-refractivity contribution in [2.45, 2.75) is 19.5 Å². The molecule has 0 heterocycles. The largest absolute Gasteiger partial charge is 0.383 e. The van der Waals surface area contributed by atoms with E-state index in [1.807, 2.05) is 25.2 Å². The lowest BCUT2D eigenvalue weighted by Gasteiger charge is -2.29. The van der Waals surface area contributed by atoms with Crippen molar-refractivity contribution >= 4 is 17.3 Å². The van der Waals surface area contributed by atoms with E-state index < -0.39 is 0 Å². The molecule has 90 valence electrons. The number of halogens is 1. The first-order valence-corrected chi connectivity index (χ1v) is 5.68. The molecule has 0 amide bonds. The van der Waals surface area contributed by atoms with Crippen LogP contribution >= 0.6 is 11.6 Å². The molecule has 1 aromatic rings. The number of benzene rings is 1. The van der Waals surface area contributed by atoms with Crippen LogP contribution in [0.3, 0.4) is 0 Å². The van der Waals surface area contributed by atoms with Crippen LogP contribution in [0, 0.1) is 0 Å². The van der Waals surface area contributed by atoms with Crippen molar-refractivity contribution in [3.8, 4) is 0 Å². The van der Waals surface area contributed by atoms with Crippen molar-refractivity contribution in [1.82, 2.24) is 0 Å². The number of hydrogen-bond donors (Lipinski definition) is 1. The van der Waals surface area contributed by atoms with Gasteiger partial charge in [-0.3, -0.25) is 0 Å². The monoisotopic (exact) mass is 242 g/mol. The lowest BCUT2D eigenvalue weighted by atomic mass is 10.1. The van der Waals surface area contributed by atoms with Gasteiger partial charge in [0, 0.05) is 26.7 Å². The molecule has 0 spiro atoms. The zero-order valence-corrected chi connectivity index (χ0v) is 10.8. The third kappa shape index (κ3) is 2.88. The van der Waals surface area contributed by atoms with E-state index in [0.717, 1.165) is 16.3 Å². The van der Waals surface area contributed by atoms with Gasteiger partial charge in [-0.1, -0.05) is 23.7 Å². The number of hydrogen-bond acceptors (Lipinski definition) is 3. The minimum atomic E-state index is 0.259. The number of rotatable bonds is 5. The molecule has 0 aliphatic carbocycles. The fourth-order valence-electron chi connectivity index (χ4n) is 1.69.